The maximum absolute atomic E-state index is 11.8. The van der Waals surface area contributed by atoms with Gasteiger partial charge < -0.3 is 10.4 Å². The fraction of sp³-hybridized carbons (Fsp3) is 0.538. The van der Waals surface area contributed by atoms with Crippen LogP contribution in [0.15, 0.2) is 12.1 Å². The molecule has 0 aliphatic carbocycles. The van der Waals surface area contributed by atoms with Crippen LogP contribution in [0.25, 0.3) is 0 Å². The molecule has 1 aromatic rings. The molecular formula is C13H18Cl2N2O3S. The molecule has 118 valence electrons. The first-order valence-corrected chi connectivity index (χ1v) is 7.70. The molecule has 1 aliphatic rings. The molecule has 2 heterocycles. The molecule has 1 saturated heterocycles. The molecule has 0 spiro atoms. The van der Waals surface area contributed by atoms with Gasteiger partial charge in [0.2, 0.25) is 5.91 Å². The zero-order valence-electron chi connectivity index (χ0n) is 11.4. The number of carboxylic acids is 1. The Morgan fingerprint density at radius 3 is 2.86 bits per heavy atom. The van der Waals surface area contributed by atoms with Crippen molar-refractivity contribution in [3.63, 3.8) is 0 Å². The standard InChI is InChI=1S/C13H17ClN2O3S.ClH/c14-11-4-3-10(20-11)6-15-12(17)8-16-5-1-2-9(7-16)13(18)19;/h3-4,9H,1-2,5-8H2,(H,15,17)(H,18,19);1H. The van der Waals surface area contributed by atoms with Crippen LogP contribution in [0.1, 0.15) is 17.7 Å². The number of aliphatic carboxylic acids is 1. The molecule has 1 aliphatic heterocycles. The average molecular weight is 353 g/mol. The van der Waals surface area contributed by atoms with E-state index in [1.54, 1.807) is 6.07 Å². The van der Waals surface area contributed by atoms with Crippen molar-refractivity contribution in [2.45, 2.75) is 19.4 Å². The Morgan fingerprint density at radius 1 is 1.48 bits per heavy atom. The summed E-state index contributed by atoms with van der Waals surface area (Å²) in [6, 6.07) is 3.68. The zero-order chi connectivity index (χ0) is 14.5. The van der Waals surface area contributed by atoms with Crippen molar-refractivity contribution in [2.24, 2.45) is 5.92 Å². The van der Waals surface area contributed by atoms with Crippen LogP contribution in [-0.4, -0.2) is 41.5 Å². The summed E-state index contributed by atoms with van der Waals surface area (Å²) in [4.78, 5) is 25.7. The number of hydrogen-bond donors (Lipinski definition) is 2. The van der Waals surface area contributed by atoms with Crippen LogP contribution in [0, 0.1) is 5.92 Å². The number of piperidine rings is 1. The second-order valence-electron chi connectivity index (χ2n) is 4.90. The molecule has 1 aromatic heterocycles. The number of thiophene rings is 1. The van der Waals surface area contributed by atoms with E-state index in [4.69, 9.17) is 16.7 Å². The van der Waals surface area contributed by atoms with Crippen molar-refractivity contribution in [3.8, 4) is 0 Å². The number of halogens is 2. The number of likely N-dealkylation sites (tertiary alicyclic amines) is 1. The maximum atomic E-state index is 11.8. The first-order valence-electron chi connectivity index (χ1n) is 6.50. The molecule has 0 radical (unpaired) electrons. The zero-order valence-corrected chi connectivity index (χ0v) is 13.8. The van der Waals surface area contributed by atoms with Crippen molar-refractivity contribution in [1.82, 2.24) is 10.2 Å². The van der Waals surface area contributed by atoms with Gasteiger partial charge in [0.1, 0.15) is 0 Å². The Labute approximate surface area is 138 Å². The molecule has 0 saturated carbocycles. The van der Waals surface area contributed by atoms with Crippen LogP contribution in [0.4, 0.5) is 0 Å². The van der Waals surface area contributed by atoms with Crippen molar-refractivity contribution < 1.29 is 14.7 Å². The summed E-state index contributed by atoms with van der Waals surface area (Å²) in [6.45, 7) is 1.95. The van der Waals surface area contributed by atoms with Crippen LogP contribution < -0.4 is 5.32 Å². The summed E-state index contributed by atoms with van der Waals surface area (Å²) in [5.41, 5.74) is 0. The second kappa shape index (κ2) is 8.58. The number of carboxylic acid groups (broad SMARTS) is 1. The highest BCUT2D eigenvalue weighted by molar-refractivity contribution is 7.16. The number of hydrogen-bond acceptors (Lipinski definition) is 4. The lowest BCUT2D eigenvalue weighted by molar-refractivity contribution is -0.144. The van der Waals surface area contributed by atoms with Gasteiger partial charge in [-0.1, -0.05) is 11.6 Å². The number of carbonyl (C=O) groups excluding carboxylic acids is 1. The minimum Gasteiger partial charge on any atom is -0.481 e. The SMILES string of the molecule is Cl.O=C(CN1CCCC(C(=O)O)C1)NCc1ccc(Cl)s1. The molecule has 1 fully saturated rings. The van der Waals surface area contributed by atoms with E-state index in [1.807, 2.05) is 11.0 Å². The Hall–Kier alpha value is -0.820. The topological polar surface area (TPSA) is 69.6 Å². The number of nitrogens with zero attached hydrogens (tertiary/aromatic N) is 1. The lowest BCUT2D eigenvalue weighted by Gasteiger charge is -2.29. The predicted molar refractivity (Wildman–Crippen MR) is 85.2 cm³/mol. The van der Waals surface area contributed by atoms with Gasteiger partial charge in [-0.05, 0) is 31.5 Å². The van der Waals surface area contributed by atoms with Gasteiger partial charge in [0.25, 0.3) is 0 Å². The summed E-state index contributed by atoms with van der Waals surface area (Å²) in [6.07, 6.45) is 1.52. The van der Waals surface area contributed by atoms with Crippen LogP contribution in [-0.2, 0) is 16.1 Å². The summed E-state index contributed by atoms with van der Waals surface area (Å²) in [5, 5.41) is 11.8. The molecule has 2 rings (SSSR count). The van der Waals surface area contributed by atoms with Crippen molar-refractivity contribution in [1.29, 1.82) is 0 Å². The Kier molecular flexibility index (Phi) is 7.45. The molecule has 5 nitrogen and oxygen atoms in total. The maximum Gasteiger partial charge on any atom is 0.307 e. The van der Waals surface area contributed by atoms with Crippen LogP contribution in [0.5, 0.6) is 0 Å². The van der Waals surface area contributed by atoms with Crippen LogP contribution >= 0.6 is 35.3 Å². The summed E-state index contributed by atoms with van der Waals surface area (Å²) < 4.78 is 0.703. The monoisotopic (exact) mass is 352 g/mol. The van der Waals surface area contributed by atoms with Gasteiger partial charge in [-0.2, -0.15) is 0 Å². The smallest absolute Gasteiger partial charge is 0.307 e. The van der Waals surface area contributed by atoms with E-state index < -0.39 is 5.97 Å². The third-order valence-electron chi connectivity index (χ3n) is 3.31. The van der Waals surface area contributed by atoms with Crippen molar-refractivity contribution in [3.05, 3.63) is 21.3 Å². The van der Waals surface area contributed by atoms with E-state index in [-0.39, 0.29) is 30.8 Å². The lowest BCUT2D eigenvalue weighted by atomic mass is 9.98. The summed E-state index contributed by atoms with van der Waals surface area (Å²) >= 11 is 7.26. The first kappa shape index (κ1) is 18.2. The van der Waals surface area contributed by atoms with E-state index >= 15 is 0 Å². The van der Waals surface area contributed by atoms with Gasteiger partial charge in [0.15, 0.2) is 0 Å². The molecule has 1 unspecified atom stereocenters. The number of rotatable bonds is 5. The molecule has 8 heteroatoms. The Morgan fingerprint density at radius 2 is 2.24 bits per heavy atom. The molecular weight excluding hydrogens is 335 g/mol. The average Bonchev–Trinajstić information content (AvgIpc) is 2.82. The van der Waals surface area contributed by atoms with Crippen LogP contribution in [0.3, 0.4) is 0 Å². The molecule has 2 N–H and O–H groups in total. The molecule has 21 heavy (non-hydrogen) atoms. The highest BCUT2D eigenvalue weighted by atomic mass is 35.5. The van der Waals surface area contributed by atoms with E-state index in [1.165, 1.54) is 11.3 Å². The quantitative estimate of drug-likeness (QED) is 0.852. The third-order valence-corrected chi connectivity index (χ3v) is 4.54. The lowest BCUT2D eigenvalue weighted by Crippen LogP contribution is -2.44. The van der Waals surface area contributed by atoms with Crippen molar-refractivity contribution >= 4 is 47.2 Å². The fourth-order valence-electron chi connectivity index (χ4n) is 2.29. The van der Waals surface area contributed by atoms with Crippen LogP contribution in [0.2, 0.25) is 4.34 Å². The minimum absolute atomic E-state index is 0. The van der Waals surface area contributed by atoms with E-state index in [2.05, 4.69) is 5.32 Å². The first-order chi connectivity index (χ1) is 9.54. The summed E-state index contributed by atoms with van der Waals surface area (Å²) in [7, 11) is 0. The second-order valence-corrected chi connectivity index (χ2v) is 6.69. The fourth-order valence-corrected chi connectivity index (χ4v) is 3.32. The predicted octanol–water partition coefficient (Wildman–Crippen LogP) is 2.24. The Bertz CT molecular complexity index is 496. The van der Waals surface area contributed by atoms with Gasteiger partial charge in [-0.25, -0.2) is 0 Å². The minimum atomic E-state index is -0.775. The molecule has 1 atom stereocenters. The number of carbonyl (C=O) groups is 2. The third kappa shape index (κ3) is 5.82. The van der Waals surface area contributed by atoms with Gasteiger partial charge in [-0.3, -0.25) is 14.5 Å². The number of amides is 1. The van der Waals surface area contributed by atoms with Gasteiger partial charge >= 0.3 is 5.97 Å². The normalized spacial score (nSPS) is 18.8. The van der Waals surface area contributed by atoms with E-state index in [9.17, 15) is 9.59 Å². The van der Waals surface area contributed by atoms with Gasteiger partial charge in [-0.15, -0.1) is 23.7 Å². The van der Waals surface area contributed by atoms with Crippen molar-refractivity contribution in [2.75, 3.05) is 19.6 Å². The molecule has 0 bridgehead atoms. The highest BCUT2D eigenvalue weighted by Crippen LogP contribution is 2.21. The molecule has 1 amide bonds. The largest absolute Gasteiger partial charge is 0.481 e. The summed E-state index contributed by atoms with van der Waals surface area (Å²) in [5.74, 6) is -1.21. The van der Waals surface area contributed by atoms with E-state index in [0.29, 0.717) is 23.8 Å². The Balaban J connectivity index is 0.00000220. The van der Waals surface area contributed by atoms with Gasteiger partial charge in [0.05, 0.1) is 23.3 Å². The van der Waals surface area contributed by atoms with E-state index in [0.717, 1.165) is 17.8 Å². The highest BCUT2D eigenvalue weighted by Gasteiger charge is 2.26. The van der Waals surface area contributed by atoms with Gasteiger partial charge in [0, 0.05) is 11.4 Å². The number of nitrogens with one attached hydrogen (secondary N) is 1. The molecule has 0 aromatic carbocycles.